The summed E-state index contributed by atoms with van der Waals surface area (Å²) in [5.74, 6) is 1.66. The molecule has 0 aliphatic rings. The number of hydrogen-bond donors (Lipinski definition) is 0. The highest BCUT2D eigenvalue weighted by Crippen LogP contribution is 2.21. The molecule has 1 aromatic carbocycles. The second kappa shape index (κ2) is 5.74. The number of rotatable bonds is 5. The maximum absolute atomic E-state index is 6.04. The van der Waals surface area contributed by atoms with Crippen LogP contribution in [0.15, 0.2) is 18.2 Å². The van der Waals surface area contributed by atoms with Crippen molar-refractivity contribution in [2.45, 2.75) is 32.7 Å². The van der Waals surface area contributed by atoms with Gasteiger partial charge in [-0.05, 0) is 24.6 Å². The van der Waals surface area contributed by atoms with Gasteiger partial charge in [0.2, 0.25) is 0 Å². The Balaban J connectivity index is 2.47. The molecule has 0 atom stereocenters. The Morgan fingerprint density at radius 1 is 1.35 bits per heavy atom. The van der Waals surface area contributed by atoms with Gasteiger partial charge in [0.15, 0.2) is 0 Å². The zero-order valence-corrected chi connectivity index (χ0v) is 11.4. The van der Waals surface area contributed by atoms with E-state index < -0.39 is 0 Å². The van der Waals surface area contributed by atoms with Crippen molar-refractivity contribution in [3.63, 3.8) is 0 Å². The molecule has 17 heavy (non-hydrogen) atoms. The van der Waals surface area contributed by atoms with Gasteiger partial charge >= 0.3 is 0 Å². The van der Waals surface area contributed by atoms with Gasteiger partial charge in [-0.3, -0.25) is 0 Å². The van der Waals surface area contributed by atoms with Gasteiger partial charge in [0.1, 0.15) is 5.82 Å². The summed E-state index contributed by atoms with van der Waals surface area (Å²) in [7, 11) is 0. The Morgan fingerprint density at radius 2 is 2.18 bits per heavy atom. The molecule has 2 rings (SSSR count). The van der Waals surface area contributed by atoms with Crippen molar-refractivity contribution in [2.24, 2.45) is 0 Å². The Kier molecular flexibility index (Phi) is 4.30. The smallest absolute Gasteiger partial charge is 0.111 e. The van der Waals surface area contributed by atoms with Gasteiger partial charge in [0, 0.05) is 23.9 Å². The summed E-state index contributed by atoms with van der Waals surface area (Å²) in [6, 6.07) is 5.83. The van der Waals surface area contributed by atoms with E-state index in [4.69, 9.17) is 23.2 Å². The average molecular weight is 271 g/mol. The summed E-state index contributed by atoms with van der Waals surface area (Å²) in [5, 5.41) is 0.757. The van der Waals surface area contributed by atoms with Gasteiger partial charge in [-0.2, -0.15) is 0 Å². The van der Waals surface area contributed by atoms with Crippen molar-refractivity contribution in [1.82, 2.24) is 9.55 Å². The highest BCUT2D eigenvalue weighted by molar-refractivity contribution is 6.31. The van der Waals surface area contributed by atoms with E-state index in [0.717, 1.165) is 41.3 Å². The third kappa shape index (κ3) is 2.75. The van der Waals surface area contributed by atoms with E-state index in [2.05, 4.69) is 16.5 Å². The molecule has 0 unspecified atom stereocenters. The third-order valence-corrected chi connectivity index (χ3v) is 3.27. The number of alkyl halides is 1. The Hall–Kier alpha value is -0.730. The van der Waals surface area contributed by atoms with Gasteiger partial charge in [-0.25, -0.2) is 4.98 Å². The molecule has 2 aromatic rings. The highest BCUT2D eigenvalue weighted by atomic mass is 35.5. The molecule has 0 spiro atoms. The number of aromatic nitrogens is 2. The SMILES string of the molecule is CCCCn1c(CCCl)nc2ccc(Cl)cc21. The number of nitrogens with zero attached hydrogens (tertiary/aromatic N) is 2. The fraction of sp³-hybridized carbons (Fsp3) is 0.462. The Morgan fingerprint density at radius 3 is 2.88 bits per heavy atom. The first-order chi connectivity index (χ1) is 8.26. The fourth-order valence-corrected chi connectivity index (χ4v) is 2.32. The highest BCUT2D eigenvalue weighted by Gasteiger charge is 2.10. The zero-order valence-electron chi connectivity index (χ0n) is 9.92. The van der Waals surface area contributed by atoms with Crippen molar-refractivity contribution in [3.8, 4) is 0 Å². The molecule has 0 bridgehead atoms. The number of benzene rings is 1. The van der Waals surface area contributed by atoms with E-state index in [0.29, 0.717) is 5.88 Å². The van der Waals surface area contributed by atoms with Crippen LogP contribution in [0.4, 0.5) is 0 Å². The first kappa shape index (κ1) is 12.7. The first-order valence-corrected chi connectivity index (χ1v) is 6.88. The van der Waals surface area contributed by atoms with Crippen molar-refractivity contribution in [3.05, 3.63) is 29.0 Å². The summed E-state index contributed by atoms with van der Waals surface area (Å²) < 4.78 is 2.24. The summed E-state index contributed by atoms with van der Waals surface area (Å²) >= 11 is 11.9. The van der Waals surface area contributed by atoms with E-state index in [1.165, 1.54) is 6.42 Å². The summed E-state index contributed by atoms with van der Waals surface area (Å²) in [4.78, 5) is 4.62. The molecule has 1 aromatic heterocycles. The van der Waals surface area contributed by atoms with Crippen LogP contribution in [0, 0.1) is 0 Å². The summed E-state index contributed by atoms with van der Waals surface area (Å²) in [6.45, 7) is 3.17. The van der Waals surface area contributed by atoms with Crippen molar-refractivity contribution in [1.29, 1.82) is 0 Å². The number of halogens is 2. The lowest BCUT2D eigenvalue weighted by Gasteiger charge is -2.07. The van der Waals surface area contributed by atoms with Gasteiger partial charge in [0.05, 0.1) is 11.0 Å². The lowest BCUT2D eigenvalue weighted by Crippen LogP contribution is -2.04. The van der Waals surface area contributed by atoms with Crippen LogP contribution in [-0.4, -0.2) is 15.4 Å². The lowest BCUT2D eigenvalue weighted by atomic mass is 10.3. The normalized spacial score (nSPS) is 11.2. The maximum atomic E-state index is 6.04. The largest absolute Gasteiger partial charge is 0.328 e. The topological polar surface area (TPSA) is 17.8 Å². The van der Waals surface area contributed by atoms with Gasteiger partial charge in [0.25, 0.3) is 0 Å². The second-order valence-electron chi connectivity index (χ2n) is 4.11. The molecular formula is C13H16Cl2N2. The number of unbranched alkanes of at least 4 members (excludes halogenated alkanes) is 1. The Bertz CT molecular complexity index is 505. The van der Waals surface area contributed by atoms with Gasteiger partial charge in [-0.15, -0.1) is 11.6 Å². The molecule has 2 nitrogen and oxygen atoms in total. The zero-order chi connectivity index (χ0) is 12.3. The number of aryl methyl sites for hydroxylation is 2. The Labute approximate surface area is 112 Å². The molecule has 0 saturated carbocycles. The minimum absolute atomic E-state index is 0.600. The van der Waals surface area contributed by atoms with E-state index in [-0.39, 0.29) is 0 Å². The fourth-order valence-electron chi connectivity index (χ4n) is 1.99. The van der Waals surface area contributed by atoms with Gasteiger partial charge in [-0.1, -0.05) is 24.9 Å². The molecule has 0 radical (unpaired) electrons. The molecule has 1 heterocycles. The maximum Gasteiger partial charge on any atom is 0.111 e. The molecule has 0 aliphatic heterocycles. The number of imidazole rings is 1. The second-order valence-corrected chi connectivity index (χ2v) is 4.92. The van der Waals surface area contributed by atoms with Crippen LogP contribution in [0.3, 0.4) is 0 Å². The van der Waals surface area contributed by atoms with Crippen LogP contribution in [0.5, 0.6) is 0 Å². The molecular weight excluding hydrogens is 255 g/mol. The molecule has 0 fully saturated rings. The van der Waals surface area contributed by atoms with Crippen molar-refractivity contribution in [2.75, 3.05) is 5.88 Å². The van der Waals surface area contributed by atoms with Crippen LogP contribution in [-0.2, 0) is 13.0 Å². The monoisotopic (exact) mass is 270 g/mol. The van der Waals surface area contributed by atoms with Gasteiger partial charge < -0.3 is 4.57 Å². The van der Waals surface area contributed by atoms with Crippen LogP contribution in [0.25, 0.3) is 11.0 Å². The van der Waals surface area contributed by atoms with Crippen LogP contribution in [0.1, 0.15) is 25.6 Å². The van der Waals surface area contributed by atoms with Crippen molar-refractivity contribution < 1.29 is 0 Å². The average Bonchev–Trinajstić information content (AvgIpc) is 2.64. The van der Waals surface area contributed by atoms with Crippen LogP contribution in [0.2, 0.25) is 5.02 Å². The molecule has 0 N–H and O–H groups in total. The molecule has 0 saturated heterocycles. The molecule has 0 amide bonds. The number of fused-ring (bicyclic) bond motifs is 1. The molecule has 4 heteroatoms. The number of hydrogen-bond acceptors (Lipinski definition) is 1. The van der Waals surface area contributed by atoms with E-state index in [1.807, 2.05) is 18.2 Å². The van der Waals surface area contributed by atoms with Crippen molar-refractivity contribution >= 4 is 34.2 Å². The predicted molar refractivity (Wildman–Crippen MR) is 74.1 cm³/mol. The minimum atomic E-state index is 0.600. The first-order valence-electron chi connectivity index (χ1n) is 5.97. The third-order valence-electron chi connectivity index (χ3n) is 2.84. The molecule has 0 aliphatic carbocycles. The summed E-state index contributed by atoms with van der Waals surface area (Å²) in [5.41, 5.74) is 2.12. The van der Waals surface area contributed by atoms with E-state index in [1.54, 1.807) is 0 Å². The minimum Gasteiger partial charge on any atom is -0.328 e. The molecule has 92 valence electrons. The lowest BCUT2D eigenvalue weighted by molar-refractivity contribution is 0.620. The van der Waals surface area contributed by atoms with E-state index >= 15 is 0 Å². The van der Waals surface area contributed by atoms with Crippen LogP contribution >= 0.6 is 23.2 Å². The standard InChI is InChI=1S/C13H16Cl2N2/c1-2-3-8-17-12-9-10(15)4-5-11(12)16-13(17)6-7-14/h4-5,9H,2-3,6-8H2,1H3. The summed E-state index contributed by atoms with van der Waals surface area (Å²) in [6.07, 6.45) is 3.12. The van der Waals surface area contributed by atoms with Crippen LogP contribution < -0.4 is 0 Å². The quantitative estimate of drug-likeness (QED) is 0.742. The predicted octanol–water partition coefficient (Wildman–Crippen LogP) is 4.27. The van der Waals surface area contributed by atoms with E-state index in [9.17, 15) is 0 Å².